The number of benzene rings is 2. The summed E-state index contributed by atoms with van der Waals surface area (Å²) in [7, 11) is 0. The molecular formula is C18H16FN3O2. The van der Waals surface area contributed by atoms with E-state index in [1.807, 2.05) is 25.1 Å². The molecule has 0 aromatic heterocycles. The minimum absolute atomic E-state index is 0.0841. The van der Waals surface area contributed by atoms with Crippen LogP contribution in [0.15, 0.2) is 52.4 Å². The summed E-state index contributed by atoms with van der Waals surface area (Å²) in [6.07, 6.45) is 0.823. The van der Waals surface area contributed by atoms with E-state index in [1.54, 1.807) is 18.2 Å². The van der Waals surface area contributed by atoms with Crippen LogP contribution in [0.4, 0.5) is 10.1 Å². The second-order valence-corrected chi connectivity index (χ2v) is 5.52. The summed E-state index contributed by atoms with van der Waals surface area (Å²) in [5, 5.41) is 10.8. The Balaban J connectivity index is 2.17. The molecule has 0 saturated heterocycles. The van der Waals surface area contributed by atoms with Gasteiger partial charge in [0, 0.05) is 16.1 Å². The summed E-state index contributed by atoms with van der Waals surface area (Å²) in [6, 6.07) is 12.1. The highest BCUT2D eigenvalue weighted by atomic mass is 19.1. The molecule has 0 amide bonds. The van der Waals surface area contributed by atoms with Crippen LogP contribution in [0.25, 0.3) is 0 Å². The Bertz CT molecular complexity index is 859. The Morgan fingerprint density at radius 3 is 2.71 bits per heavy atom. The maximum absolute atomic E-state index is 14.3. The zero-order chi connectivity index (χ0) is 17.1. The minimum atomic E-state index is -0.428. The molecule has 5 nitrogen and oxygen atoms in total. The Morgan fingerprint density at radius 1 is 1.21 bits per heavy atom. The van der Waals surface area contributed by atoms with Crippen LogP contribution in [0.3, 0.4) is 0 Å². The summed E-state index contributed by atoms with van der Waals surface area (Å²) in [4.78, 5) is 19.2. The monoisotopic (exact) mass is 325 g/mol. The van der Waals surface area contributed by atoms with Gasteiger partial charge in [-0.3, -0.25) is 15.1 Å². The molecule has 0 spiro atoms. The molecule has 0 N–H and O–H groups in total. The predicted octanol–water partition coefficient (Wildman–Crippen LogP) is 3.59. The third kappa shape index (κ3) is 3.22. The molecule has 0 bridgehead atoms. The smallest absolute Gasteiger partial charge is 0.243 e. The van der Waals surface area contributed by atoms with Gasteiger partial charge >= 0.3 is 0 Å². The molecule has 122 valence electrons. The third-order valence-corrected chi connectivity index (χ3v) is 3.86. The molecule has 6 heteroatoms. The maximum atomic E-state index is 14.3. The zero-order valence-electron chi connectivity index (χ0n) is 13.2. The van der Waals surface area contributed by atoms with Crippen LogP contribution in [0.2, 0.25) is 0 Å². The summed E-state index contributed by atoms with van der Waals surface area (Å²) in [6.45, 7) is 1.74. The van der Waals surface area contributed by atoms with Gasteiger partial charge in [-0.05, 0) is 36.2 Å². The summed E-state index contributed by atoms with van der Waals surface area (Å²) in [5.41, 5.74) is 3.59. The molecule has 3 rings (SSSR count). The van der Waals surface area contributed by atoms with E-state index in [-0.39, 0.29) is 18.9 Å². The van der Waals surface area contributed by atoms with Gasteiger partial charge in [-0.1, -0.05) is 25.1 Å². The van der Waals surface area contributed by atoms with Crippen LogP contribution in [0.5, 0.6) is 0 Å². The van der Waals surface area contributed by atoms with Crippen molar-refractivity contribution in [2.75, 3.05) is 13.1 Å². The van der Waals surface area contributed by atoms with Crippen molar-refractivity contribution in [2.24, 2.45) is 9.98 Å². The number of nitrogens with zero attached hydrogens (tertiary/aromatic N) is 3. The summed E-state index contributed by atoms with van der Waals surface area (Å²) >= 11 is 0. The highest BCUT2D eigenvalue weighted by Gasteiger charge is 2.20. The van der Waals surface area contributed by atoms with Crippen molar-refractivity contribution in [2.45, 2.75) is 13.3 Å². The number of nitro groups is 1. The highest BCUT2D eigenvalue weighted by Crippen LogP contribution is 2.28. The molecule has 1 aliphatic heterocycles. The number of rotatable bonds is 4. The molecule has 0 saturated carbocycles. The van der Waals surface area contributed by atoms with Crippen molar-refractivity contribution < 1.29 is 9.31 Å². The van der Waals surface area contributed by atoms with Crippen molar-refractivity contribution >= 4 is 17.1 Å². The van der Waals surface area contributed by atoms with E-state index < -0.39 is 4.92 Å². The summed E-state index contributed by atoms with van der Waals surface area (Å²) in [5.74, 6) is -0.373. The molecule has 0 fully saturated rings. The number of hydrogen-bond donors (Lipinski definition) is 0. The van der Waals surface area contributed by atoms with Crippen molar-refractivity contribution in [1.82, 2.24) is 0 Å². The Morgan fingerprint density at radius 2 is 2.00 bits per heavy atom. The maximum Gasteiger partial charge on any atom is 0.243 e. The zero-order valence-corrected chi connectivity index (χ0v) is 13.2. The van der Waals surface area contributed by atoms with E-state index in [0.29, 0.717) is 28.2 Å². The van der Waals surface area contributed by atoms with E-state index >= 15 is 0 Å². The van der Waals surface area contributed by atoms with Crippen LogP contribution in [-0.2, 0) is 6.42 Å². The lowest BCUT2D eigenvalue weighted by atomic mass is 9.97. The van der Waals surface area contributed by atoms with Gasteiger partial charge in [0.2, 0.25) is 6.54 Å². The first kappa shape index (κ1) is 16.0. The molecular weight excluding hydrogens is 309 g/mol. The summed E-state index contributed by atoms with van der Waals surface area (Å²) < 4.78 is 14.3. The molecule has 2 aromatic carbocycles. The normalized spacial score (nSPS) is 13.6. The number of halogens is 1. The average molecular weight is 325 g/mol. The van der Waals surface area contributed by atoms with Crippen LogP contribution in [-0.4, -0.2) is 29.4 Å². The standard InChI is InChI=1S/C18H16FN3O2/c1-2-12-7-8-17-15(9-12)18(14-5-3-4-6-16(14)19)20-10-13(21-17)11-22(23)24/h3-9H,2,10-11H2,1H3. The average Bonchev–Trinajstić information content (AvgIpc) is 2.73. The molecule has 0 aliphatic carbocycles. The molecule has 2 aromatic rings. The first-order chi connectivity index (χ1) is 11.6. The van der Waals surface area contributed by atoms with Crippen molar-refractivity contribution in [3.8, 4) is 0 Å². The first-order valence-electron chi connectivity index (χ1n) is 7.69. The number of hydrogen-bond acceptors (Lipinski definition) is 4. The second-order valence-electron chi connectivity index (χ2n) is 5.52. The molecule has 24 heavy (non-hydrogen) atoms. The van der Waals surface area contributed by atoms with Crippen LogP contribution >= 0.6 is 0 Å². The molecule has 0 radical (unpaired) electrons. The Labute approximate surface area is 138 Å². The van der Waals surface area contributed by atoms with Gasteiger partial charge in [0.25, 0.3) is 0 Å². The quantitative estimate of drug-likeness (QED) is 0.637. The fourth-order valence-electron chi connectivity index (χ4n) is 2.67. The van der Waals surface area contributed by atoms with E-state index in [1.165, 1.54) is 6.07 Å². The van der Waals surface area contributed by atoms with Crippen molar-refractivity contribution in [1.29, 1.82) is 0 Å². The van der Waals surface area contributed by atoms with E-state index in [9.17, 15) is 14.5 Å². The Hall–Kier alpha value is -2.89. The Kier molecular flexibility index (Phi) is 4.46. The van der Waals surface area contributed by atoms with Crippen molar-refractivity contribution in [3.63, 3.8) is 0 Å². The van der Waals surface area contributed by atoms with Crippen LogP contribution in [0.1, 0.15) is 23.6 Å². The first-order valence-corrected chi connectivity index (χ1v) is 7.69. The third-order valence-electron chi connectivity index (χ3n) is 3.86. The second kappa shape index (κ2) is 6.70. The van der Waals surface area contributed by atoms with Gasteiger partial charge in [0.1, 0.15) is 11.5 Å². The molecule has 0 unspecified atom stereocenters. The van der Waals surface area contributed by atoms with E-state index in [2.05, 4.69) is 9.98 Å². The van der Waals surface area contributed by atoms with Gasteiger partial charge in [-0.15, -0.1) is 0 Å². The lowest BCUT2D eigenvalue weighted by Crippen LogP contribution is -2.16. The topological polar surface area (TPSA) is 67.9 Å². The number of aliphatic imine (C=N–C) groups is 2. The highest BCUT2D eigenvalue weighted by molar-refractivity contribution is 6.17. The van der Waals surface area contributed by atoms with Crippen LogP contribution in [0, 0.1) is 15.9 Å². The van der Waals surface area contributed by atoms with E-state index in [4.69, 9.17) is 0 Å². The lowest BCUT2D eigenvalue weighted by molar-refractivity contribution is -0.463. The predicted molar refractivity (Wildman–Crippen MR) is 91.7 cm³/mol. The minimum Gasteiger partial charge on any atom is -0.278 e. The number of fused-ring (bicyclic) bond motifs is 1. The fraction of sp³-hybridized carbons (Fsp3) is 0.222. The van der Waals surface area contributed by atoms with Gasteiger partial charge in [-0.25, -0.2) is 9.38 Å². The molecule has 1 aliphatic rings. The van der Waals surface area contributed by atoms with Gasteiger partial charge < -0.3 is 0 Å². The van der Waals surface area contributed by atoms with Crippen LogP contribution < -0.4 is 0 Å². The fourth-order valence-corrected chi connectivity index (χ4v) is 2.67. The van der Waals surface area contributed by atoms with Gasteiger partial charge in [0.05, 0.1) is 17.9 Å². The molecule has 1 heterocycles. The lowest BCUT2D eigenvalue weighted by Gasteiger charge is -2.11. The molecule has 0 atom stereocenters. The SMILES string of the molecule is CCc1ccc2c(c1)C(c1ccccc1F)=NCC(C[N+](=O)[O-])=N2. The van der Waals surface area contributed by atoms with Crippen molar-refractivity contribution in [3.05, 3.63) is 75.1 Å². The van der Waals surface area contributed by atoms with Gasteiger partial charge in [-0.2, -0.15) is 0 Å². The van der Waals surface area contributed by atoms with E-state index in [0.717, 1.165) is 12.0 Å². The largest absolute Gasteiger partial charge is 0.278 e. The van der Waals surface area contributed by atoms with Gasteiger partial charge in [0.15, 0.2) is 0 Å². The number of aryl methyl sites for hydroxylation is 1.